The van der Waals surface area contributed by atoms with Crippen LogP contribution in [0.2, 0.25) is 0 Å². The van der Waals surface area contributed by atoms with Crippen molar-refractivity contribution >= 4 is 63.9 Å². The van der Waals surface area contributed by atoms with E-state index in [-0.39, 0.29) is 35.0 Å². The number of β-lactam (4-membered cyclic amide) rings is 2. The van der Waals surface area contributed by atoms with Crippen LogP contribution < -0.4 is 34.7 Å². The van der Waals surface area contributed by atoms with Crippen molar-refractivity contribution in [3.63, 3.8) is 0 Å². The molecule has 4 rings (SSSR count). The van der Waals surface area contributed by atoms with E-state index in [1.54, 1.807) is 0 Å². The third kappa shape index (κ3) is 4.86. The summed E-state index contributed by atoms with van der Waals surface area (Å²) in [5.41, 5.74) is 0. The molecule has 0 aliphatic carbocycles. The number of carbonyl (C=O) groups excluding carboxylic acids is 4. The van der Waals surface area contributed by atoms with Crippen molar-refractivity contribution in [2.75, 3.05) is 27.4 Å². The van der Waals surface area contributed by atoms with Gasteiger partial charge in [0.2, 0.25) is 11.8 Å². The maximum absolute atomic E-state index is 12.6. The Labute approximate surface area is 264 Å². The van der Waals surface area contributed by atoms with E-state index < -0.39 is 101 Å². The summed E-state index contributed by atoms with van der Waals surface area (Å²) in [5, 5.41) is 30.2. The molecule has 0 aromatic carbocycles. The van der Waals surface area contributed by atoms with Crippen LogP contribution in [0.4, 0.5) is 0 Å². The quantitative estimate of drug-likeness (QED) is 0.113. The van der Waals surface area contributed by atoms with Gasteiger partial charge in [-0.2, -0.15) is 0 Å². The molecule has 228 valence electrons. The summed E-state index contributed by atoms with van der Waals surface area (Å²) in [5.74, 6) is -6.32. The predicted octanol–water partition coefficient (Wildman–Crippen LogP) is -9.47. The Morgan fingerprint density at radius 1 is 0.976 bits per heavy atom. The number of hydrogen-bond donors (Lipinski definition) is 2. The molecule has 0 aromatic rings. The number of oxime groups is 1. The van der Waals surface area contributed by atoms with Gasteiger partial charge in [0, 0.05) is 13.3 Å². The minimum absolute atomic E-state index is 0. The van der Waals surface area contributed by atoms with Gasteiger partial charge in [-0.15, -0.1) is 0 Å². The Bertz CT molecular complexity index is 1390. The summed E-state index contributed by atoms with van der Waals surface area (Å²) < 4.78 is 50.5. The number of carboxylic acids is 1. The Morgan fingerprint density at radius 3 is 1.71 bits per heavy atom. The molecule has 2 radical (unpaired) electrons. The normalized spacial score (nSPS) is 36.8. The molecule has 4 heterocycles. The van der Waals surface area contributed by atoms with Gasteiger partial charge in [-0.25, -0.2) is 16.8 Å². The van der Waals surface area contributed by atoms with E-state index in [4.69, 9.17) is 18.3 Å². The molecule has 18 nitrogen and oxygen atoms in total. The molecule has 4 N–H and O–H groups in total. The Hall–Kier alpha value is -2.14. The molecule has 8 atom stereocenters. The van der Waals surface area contributed by atoms with Gasteiger partial charge in [-0.1, -0.05) is 5.16 Å². The van der Waals surface area contributed by atoms with E-state index in [0.717, 1.165) is 22.2 Å². The van der Waals surface area contributed by atoms with Crippen molar-refractivity contribution < 1.29 is 95.9 Å². The van der Waals surface area contributed by atoms with Crippen LogP contribution in [-0.4, -0.2) is 146 Å². The molecule has 0 saturated carbocycles. The maximum Gasteiger partial charge on any atom is 1.00 e. The number of aliphatic hydroxyl groups excluding tert-OH is 2. The summed E-state index contributed by atoms with van der Waals surface area (Å²) >= 11 is 0. The number of carbonyl (C=O) groups is 4. The average Bonchev–Trinajstić information content (AvgIpc) is 3.14. The van der Waals surface area contributed by atoms with E-state index in [9.17, 15) is 41.1 Å². The van der Waals surface area contributed by atoms with Crippen molar-refractivity contribution in [2.24, 2.45) is 22.0 Å². The van der Waals surface area contributed by atoms with Crippen molar-refractivity contribution in [3.05, 3.63) is 0 Å². The van der Waals surface area contributed by atoms with Crippen LogP contribution in [-0.2, 0) is 48.3 Å². The molecule has 4 unspecified atom stereocenters. The van der Waals surface area contributed by atoms with Crippen LogP contribution in [0.15, 0.2) is 10.1 Å². The summed E-state index contributed by atoms with van der Waals surface area (Å²) in [6, 6.07) is -3.10. The molecule has 42 heavy (non-hydrogen) atoms. The fourth-order valence-electron chi connectivity index (χ4n) is 5.56. The summed E-state index contributed by atoms with van der Waals surface area (Å²) in [4.78, 5) is 56.4. The molecule has 0 spiro atoms. The van der Waals surface area contributed by atoms with Crippen molar-refractivity contribution in [1.82, 2.24) is 9.80 Å². The van der Waals surface area contributed by atoms with Gasteiger partial charge in [0.1, 0.15) is 27.4 Å². The first-order valence-electron chi connectivity index (χ1n) is 11.5. The number of sulfone groups is 2. The van der Waals surface area contributed by atoms with Gasteiger partial charge < -0.3 is 44.9 Å². The van der Waals surface area contributed by atoms with Crippen molar-refractivity contribution in [1.29, 1.82) is 0 Å². The van der Waals surface area contributed by atoms with Crippen LogP contribution in [0.3, 0.4) is 0 Å². The van der Waals surface area contributed by atoms with E-state index >= 15 is 0 Å². The van der Waals surface area contributed by atoms with Crippen LogP contribution in [0.1, 0.15) is 13.8 Å². The molecule has 4 saturated heterocycles. The van der Waals surface area contributed by atoms with Crippen LogP contribution in [0.5, 0.6) is 0 Å². The van der Waals surface area contributed by atoms with Crippen LogP contribution in [0, 0.1) is 11.8 Å². The van der Waals surface area contributed by atoms with Gasteiger partial charge >= 0.3 is 43.6 Å². The van der Waals surface area contributed by atoms with Gasteiger partial charge in [0.15, 0.2) is 25.7 Å². The first-order chi connectivity index (χ1) is 18.5. The third-order valence-electron chi connectivity index (χ3n) is 7.64. The second-order valence-electron chi connectivity index (χ2n) is 9.67. The topological polar surface area (TPSA) is 281 Å². The molecule has 4 aliphatic rings. The van der Waals surface area contributed by atoms with E-state index in [1.807, 2.05) is 0 Å². The first-order valence-corrected chi connectivity index (χ1v) is 14.6. The second kappa shape index (κ2) is 12.8. The Morgan fingerprint density at radius 2 is 1.38 bits per heavy atom. The van der Waals surface area contributed by atoms with Crippen molar-refractivity contribution in [2.45, 2.75) is 46.2 Å². The Balaban J connectivity index is 0.000000403. The van der Waals surface area contributed by atoms with Gasteiger partial charge in [0.05, 0.1) is 43.3 Å². The molecular formula is C20H28BN4NaO14S2. The number of fused-ring (bicyclic) bond motifs is 2. The van der Waals surface area contributed by atoms with Gasteiger partial charge in [-0.3, -0.25) is 19.4 Å². The molecule has 4 fully saturated rings. The van der Waals surface area contributed by atoms with Gasteiger partial charge in [0.25, 0.3) is 0 Å². The number of amides is 2. The molecular weight excluding hydrogens is 618 g/mol. The number of nitrogens with zero attached hydrogens (tertiary/aromatic N) is 4. The monoisotopic (exact) mass is 646 g/mol. The molecule has 22 heteroatoms. The minimum atomic E-state index is -4.04. The number of aliphatic hydroxyl groups is 2. The number of carboxylic acid groups (broad SMARTS) is 1. The zero-order valence-electron chi connectivity index (χ0n) is 23.1. The van der Waals surface area contributed by atoms with E-state index in [1.165, 1.54) is 28.0 Å². The zero-order valence-corrected chi connectivity index (χ0v) is 26.7. The van der Waals surface area contributed by atoms with E-state index in [0.29, 0.717) is 0 Å². The average molecular weight is 646 g/mol. The summed E-state index contributed by atoms with van der Waals surface area (Å²) in [7, 11) is -0.699. The smallest absolute Gasteiger partial charge is 0.548 e. The van der Waals surface area contributed by atoms with Gasteiger partial charge in [-0.05, 0) is 13.8 Å². The van der Waals surface area contributed by atoms with E-state index in [2.05, 4.69) is 19.6 Å². The fourth-order valence-corrected chi connectivity index (χ4v) is 10.4. The molecule has 4 aliphatic heterocycles. The fraction of sp³-hybridized carbons (Fsp3) is 0.700. The van der Waals surface area contributed by atoms with Crippen LogP contribution >= 0.6 is 0 Å². The molecule has 0 bridgehead atoms. The summed E-state index contributed by atoms with van der Waals surface area (Å²) in [6.07, 6.45) is 1.92. The third-order valence-corrected chi connectivity index (χ3v) is 13.1. The minimum Gasteiger partial charge on any atom is -0.548 e. The van der Waals surface area contributed by atoms with Crippen LogP contribution in [0.25, 0.3) is 0 Å². The molecule has 0 aromatic heterocycles. The SMILES string of the molecule is CN=C[C@@]1(C)C(C(=O)[O-])N2C(=O)[C@@H](CO)C2S1(=O)=O.O.[B]OC(=O)C1N2C(=O)[C@@H](CO)C2S(=O)(=O)[C@@]1(C)C=NOC.[Na+]. The van der Waals surface area contributed by atoms with Crippen molar-refractivity contribution in [3.8, 4) is 0 Å². The summed E-state index contributed by atoms with van der Waals surface area (Å²) in [6.45, 7) is 1.13. The second-order valence-corrected chi connectivity index (χ2v) is 14.6. The number of rotatable bonds is 7. The zero-order chi connectivity index (χ0) is 30.6. The number of hydrogen-bond acceptors (Lipinski definition) is 15. The number of aliphatic imine (C=N–C) groups is 1. The Kier molecular flexibility index (Phi) is 11.6. The first kappa shape index (κ1) is 37.9. The maximum atomic E-state index is 12.6. The largest absolute Gasteiger partial charge is 1.00 e. The number of aliphatic carboxylic acids is 1. The standard InChI is InChI=1S/C10H13BN2O7S.C10H14N2O6S.Na.H2O/c1-10(4-12-19-2)6(9(16)20-11)13-7(15)5(3-14)8(13)21(10,17)18;1-10(4-11-2)6(9(15)16)12-7(14)5(3-13)8(12)19(10,17)18;;/h4-6,8,14H,3H2,1-2H3;4-6,8,13H,3H2,1-2H3,(H,15,16);;1H2/q;;+1;/p-1/t2*5-,6?,8?,10+;;/m11../s1. The predicted molar refractivity (Wildman–Crippen MR) is 135 cm³/mol. The molecule has 2 amide bonds.